The van der Waals surface area contributed by atoms with Gasteiger partial charge in [-0.1, -0.05) is 65.7 Å². The van der Waals surface area contributed by atoms with Gasteiger partial charge in [0.15, 0.2) is 0 Å². The fourth-order valence-electron chi connectivity index (χ4n) is 2.34. The number of sulfonamides is 1. The van der Waals surface area contributed by atoms with Crippen LogP contribution in [-0.4, -0.2) is 31.1 Å². The Morgan fingerprint density at radius 3 is 2.48 bits per heavy atom. The summed E-state index contributed by atoms with van der Waals surface area (Å²) in [4.78, 5) is 0.401. The molecule has 0 heterocycles. The van der Waals surface area contributed by atoms with Gasteiger partial charge in [0.1, 0.15) is 0 Å². The summed E-state index contributed by atoms with van der Waals surface area (Å²) in [6.45, 7) is 3.12. The Hall–Kier alpha value is -0.910. The summed E-state index contributed by atoms with van der Waals surface area (Å²) in [7, 11) is -3.46. The monoisotopic (exact) mass is 369 g/mol. The highest BCUT2D eigenvalue weighted by Crippen LogP contribution is 2.26. The van der Waals surface area contributed by atoms with Gasteiger partial charge in [0.25, 0.3) is 0 Å². The summed E-state index contributed by atoms with van der Waals surface area (Å²) in [5, 5.41) is 2.38. The van der Waals surface area contributed by atoms with Crippen molar-refractivity contribution in [2.45, 2.75) is 24.7 Å². The molecule has 0 radical (unpaired) electrons. The lowest BCUT2D eigenvalue weighted by Gasteiger charge is -2.22. The van der Waals surface area contributed by atoms with Crippen LogP contribution < -0.4 is 0 Å². The van der Waals surface area contributed by atoms with Crippen molar-refractivity contribution >= 4 is 36.7 Å². The van der Waals surface area contributed by atoms with Gasteiger partial charge in [0, 0.05) is 23.8 Å². The summed E-state index contributed by atoms with van der Waals surface area (Å²) in [6, 6.07) is 13.1. The Bertz CT molecular complexity index is 695. The highest BCUT2D eigenvalue weighted by molar-refractivity contribution is 9.09. The maximum Gasteiger partial charge on any atom is 0.243 e. The maximum atomic E-state index is 12.9. The fraction of sp³-hybridized carbons (Fsp3) is 0.375. The van der Waals surface area contributed by atoms with E-state index < -0.39 is 10.0 Å². The van der Waals surface area contributed by atoms with Crippen molar-refractivity contribution in [2.24, 2.45) is 0 Å². The molecule has 2 aromatic rings. The zero-order valence-electron chi connectivity index (χ0n) is 12.1. The first-order valence-electron chi connectivity index (χ1n) is 7.15. The number of nitrogens with zero attached hydrogens (tertiary/aromatic N) is 1. The van der Waals surface area contributed by atoms with Crippen molar-refractivity contribution < 1.29 is 8.42 Å². The van der Waals surface area contributed by atoms with Gasteiger partial charge < -0.3 is 0 Å². The van der Waals surface area contributed by atoms with E-state index in [4.69, 9.17) is 0 Å². The number of benzene rings is 2. The molecule has 0 atom stereocenters. The second-order valence-corrected chi connectivity index (χ2v) is 7.62. The van der Waals surface area contributed by atoms with Crippen LogP contribution in [0.1, 0.15) is 19.8 Å². The van der Waals surface area contributed by atoms with Crippen LogP contribution in [-0.2, 0) is 10.0 Å². The predicted molar refractivity (Wildman–Crippen MR) is 91.4 cm³/mol. The van der Waals surface area contributed by atoms with E-state index in [-0.39, 0.29) is 0 Å². The molecule has 0 N–H and O–H groups in total. The molecule has 2 aromatic carbocycles. The minimum absolute atomic E-state index is 0.401. The number of alkyl halides is 1. The number of hydrogen-bond donors (Lipinski definition) is 0. The molecule has 0 bridgehead atoms. The molecule has 0 unspecified atom stereocenters. The highest BCUT2D eigenvalue weighted by atomic mass is 79.9. The number of hydrogen-bond acceptors (Lipinski definition) is 2. The third kappa shape index (κ3) is 3.65. The van der Waals surface area contributed by atoms with E-state index in [0.29, 0.717) is 23.3 Å². The molecule has 21 heavy (non-hydrogen) atoms. The molecule has 0 aliphatic rings. The Balaban J connectivity index is 2.49. The summed E-state index contributed by atoms with van der Waals surface area (Å²) < 4.78 is 27.5. The van der Waals surface area contributed by atoms with E-state index in [1.54, 1.807) is 16.4 Å². The summed E-state index contributed by atoms with van der Waals surface area (Å²) in [5.74, 6) is 0. The third-order valence-corrected chi connectivity index (χ3v) is 5.77. The van der Waals surface area contributed by atoms with Crippen LogP contribution in [0.15, 0.2) is 47.4 Å². The van der Waals surface area contributed by atoms with Gasteiger partial charge in [-0.25, -0.2) is 8.42 Å². The maximum absolute atomic E-state index is 12.9. The average Bonchev–Trinajstić information content (AvgIpc) is 2.50. The van der Waals surface area contributed by atoms with Crippen molar-refractivity contribution in [3.63, 3.8) is 0 Å². The number of halogens is 1. The van der Waals surface area contributed by atoms with Gasteiger partial charge in [-0.15, -0.1) is 0 Å². The highest BCUT2D eigenvalue weighted by Gasteiger charge is 2.25. The molecule has 0 aliphatic carbocycles. The lowest BCUT2D eigenvalue weighted by Crippen LogP contribution is -2.33. The predicted octanol–water partition coefficient (Wildman–Crippen LogP) is 4.03. The second-order valence-electron chi connectivity index (χ2n) is 4.92. The molecular weight excluding hydrogens is 350 g/mol. The van der Waals surface area contributed by atoms with Gasteiger partial charge in [0.05, 0.1) is 4.90 Å². The van der Waals surface area contributed by atoms with Gasteiger partial charge >= 0.3 is 0 Å². The largest absolute Gasteiger partial charge is 0.243 e. The first kappa shape index (κ1) is 16.5. The van der Waals surface area contributed by atoms with E-state index in [9.17, 15) is 8.42 Å². The van der Waals surface area contributed by atoms with Crippen LogP contribution in [0, 0.1) is 0 Å². The number of fused-ring (bicyclic) bond motifs is 1. The van der Waals surface area contributed by atoms with Crippen molar-refractivity contribution in [2.75, 3.05) is 18.4 Å². The van der Waals surface area contributed by atoms with Crippen LogP contribution in [0.4, 0.5) is 0 Å². The Morgan fingerprint density at radius 2 is 1.76 bits per heavy atom. The van der Waals surface area contributed by atoms with Crippen LogP contribution in [0.5, 0.6) is 0 Å². The molecule has 3 nitrogen and oxygen atoms in total. The van der Waals surface area contributed by atoms with Crippen LogP contribution >= 0.6 is 15.9 Å². The van der Waals surface area contributed by atoms with Crippen molar-refractivity contribution in [1.82, 2.24) is 4.31 Å². The standard InChI is InChI=1S/C16H20BrNO2S/c1-2-3-12-18(13-11-17)21(19,20)16-10-6-8-14-7-4-5-9-15(14)16/h4-10H,2-3,11-13H2,1H3. The van der Waals surface area contributed by atoms with Crippen molar-refractivity contribution in [3.05, 3.63) is 42.5 Å². The van der Waals surface area contributed by atoms with Crippen LogP contribution in [0.3, 0.4) is 0 Å². The van der Waals surface area contributed by atoms with E-state index in [1.807, 2.05) is 30.3 Å². The summed E-state index contributed by atoms with van der Waals surface area (Å²) >= 11 is 3.35. The molecule has 0 aliphatic heterocycles. The first-order chi connectivity index (χ1) is 10.1. The molecule has 0 aromatic heterocycles. The topological polar surface area (TPSA) is 37.4 Å². The molecule has 0 saturated heterocycles. The molecule has 0 spiro atoms. The lowest BCUT2D eigenvalue weighted by atomic mass is 10.1. The average molecular weight is 370 g/mol. The Kier molecular flexibility index (Phi) is 5.79. The van der Waals surface area contributed by atoms with Gasteiger partial charge in [-0.2, -0.15) is 4.31 Å². The zero-order valence-corrected chi connectivity index (χ0v) is 14.5. The normalized spacial score (nSPS) is 12.1. The van der Waals surface area contributed by atoms with E-state index in [2.05, 4.69) is 22.9 Å². The van der Waals surface area contributed by atoms with E-state index in [0.717, 1.165) is 23.6 Å². The van der Waals surface area contributed by atoms with Gasteiger partial charge in [0.2, 0.25) is 10.0 Å². The van der Waals surface area contributed by atoms with Crippen molar-refractivity contribution in [1.29, 1.82) is 0 Å². The first-order valence-corrected chi connectivity index (χ1v) is 9.71. The fourth-order valence-corrected chi connectivity index (χ4v) is 4.70. The molecule has 114 valence electrons. The number of unbranched alkanes of at least 4 members (excludes halogenated alkanes) is 1. The second kappa shape index (κ2) is 7.38. The molecule has 0 amide bonds. The smallest absolute Gasteiger partial charge is 0.207 e. The van der Waals surface area contributed by atoms with E-state index in [1.165, 1.54) is 0 Å². The molecule has 0 fully saturated rings. The quantitative estimate of drug-likeness (QED) is 0.691. The van der Waals surface area contributed by atoms with Gasteiger partial charge in [-0.05, 0) is 17.9 Å². The van der Waals surface area contributed by atoms with Crippen LogP contribution in [0.2, 0.25) is 0 Å². The molecule has 0 saturated carbocycles. The van der Waals surface area contributed by atoms with E-state index >= 15 is 0 Å². The van der Waals surface area contributed by atoms with Gasteiger partial charge in [-0.3, -0.25) is 0 Å². The summed E-state index contributed by atoms with van der Waals surface area (Å²) in [5.41, 5.74) is 0. The van der Waals surface area contributed by atoms with Crippen LogP contribution in [0.25, 0.3) is 10.8 Å². The summed E-state index contributed by atoms with van der Waals surface area (Å²) in [6.07, 6.45) is 1.85. The van der Waals surface area contributed by atoms with Crippen molar-refractivity contribution in [3.8, 4) is 0 Å². The molecular formula is C16H20BrNO2S. The third-order valence-electron chi connectivity index (χ3n) is 3.46. The number of rotatable bonds is 7. The molecule has 5 heteroatoms. The Morgan fingerprint density at radius 1 is 1.05 bits per heavy atom. The Labute approximate surface area is 135 Å². The SMILES string of the molecule is CCCCN(CCBr)S(=O)(=O)c1cccc2ccccc12. The zero-order chi connectivity index (χ0) is 15.3. The minimum atomic E-state index is -3.46. The lowest BCUT2D eigenvalue weighted by molar-refractivity contribution is 0.422. The molecule has 2 rings (SSSR count). The minimum Gasteiger partial charge on any atom is -0.207 e.